The average molecular weight is 2170 g/mol. The summed E-state index contributed by atoms with van der Waals surface area (Å²) < 4.78 is 192. The lowest BCUT2D eigenvalue weighted by molar-refractivity contribution is 0.164. The summed E-state index contributed by atoms with van der Waals surface area (Å²) >= 11 is 24.1. The van der Waals surface area contributed by atoms with E-state index in [4.69, 9.17) is 46.4 Å². The second-order valence-corrected chi connectivity index (χ2v) is 49.7. The van der Waals surface area contributed by atoms with Crippen LogP contribution in [0.4, 0.5) is 61.5 Å². The number of halogens is 18. The summed E-state index contributed by atoms with van der Waals surface area (Å²) in [5.41, 5.74) is 11.5. The van der Waals surface area contributed by atoms with Gasteiger partial charge in [-0.2, -0.15) is 0 Å². The van der Waals surface area contributed by atoms with Crippen molar-refractivity contribution in [3.8, 4) is 0 Å². The van der Waals surface area contributed by atoms with Gasteiger partial charge in [0.2, 0.25) is 0 Å². The summed E-state index contributed by atoms with van der Waals surface area (Å²) in [6.45, 7) is 35.6. The van der Waals surface area contributed by atoms with Crippen molar-refractivity contribution in [3.05, 3.63) is 311 Å². The second-order valence-electron chi connectivity index (χ2n) is 48.2. The third-order valence-electron chi connectivity index (χ3n) is 36.3. The predicted octanol–water partition coefficient (Wildman–Crippen LogP) is 45.0. The van der Waals surface area contributed by atoms with Crippen molar-refractivity contribution in [2.75, 3.05) is 0 Å². The smallest absolute Gasteiger partial charge is 0.162 e. The summed E-state index contributed by atoms with van der Waals surface area (Å²) in [6.07, 6.45) is 45.5. The van der Waals surface area contributed by atoms with Crippen LogP contribution in [-0.4, -0.2) is 0 Å². The molecule has 18 heteroatoms. The zero-order chi connectivity index (χ0) is 109. The average Bonchev–Trinajstić information content (AvgIpc) is 0.792. The first-order valence-electron chi connectivity index (χ1n) is 57.3. The van der Waals surface area contributed by atoms with Gasteiger partial charge >= 0.3 is 0 Å². The Morgan fingerprint density at radius 3 is 0.427 bits per heavy atom. The van der Waals surface area contributed by atoms with Crippen molar-refractivity contribution < 1.29 is 61.5 Å². The number of aryl methyl sites for hydroxylation is 9. The third kappa shape index (κ3) is 33.9. The van der Waals surface area contributed by atoms with E-state index in [0.717, 1.165) is 265 Å². The van der Waals surface area contributed by atoms with Crippen LogP contribution in [0.2, 0.25) is 20.1 Å². The van der Waals surface area contributed by atoms with E-state index in [9.17, 15) is 61.5 Å². The van der Waals surface area contributed by atoms with Gasteiger partial charge in [-0.1, -0.05) is 333 Å². The Morgan fingerprint density at radius 1 is 0.133 bits per heavy atom. The molecule has 826 valence electrons. The molecule has 0 N–H and O–H groups in total. The van der Waals surface area contributed by atoms with Crippen molar-refractivity contribution in [1.29, 1.82) is 0 Å². The van der Waals surface area contributed by atoms with Crippen molar-refractivity contribution >= 4 is 46.4 Å². The van der Waals surface area contributed by atoms with Gasteiger partial charge in [0.05, 0.1) is 20.1 Å². The molecule has 0 saturated heterocycles. The first-order valence-corrected chi connectivity index (χ1v) is 58.8. The molecule has 0 radical (unpaired) electrons. The lowest BCUT2D eigenvalue weighted by atomic mass is 9.68. The Labute approximate surface area is 912 Å². The van der Waals surface area contributed by atoms with E-state index in [1.165, 1.54) is 89.9 Å². The quantitative estimate of drug-likeness (QED) is 0.120. The van der Waals surface area contributed by atoms with Gasteiger partial charge in [0.15, 0.2) is 58.2 Å². The largest absolute Gasteiger partial charge is 0.205 e. The van der Waals surface area contributed by atoms with Crippen LogP contribution in [0.1, 0.15) is 473 Å². The maximum atomic E-state index is 14.2. The molecule has 0 aromatic heterocycles. The molecule has 150 heavy (non-hydrogen) atoms. The summed E-state index contributed by atoms with van der Waals surface area (Å²) in [6, 6.07) is 32.7. The molecule has 0 bridgehead atoms. The maximum Gasteiger partial charge on any atom is 0.162 e. The normalized spacial score (nSPS) is 26.8. The van der Waals surface area contributed by atoms with Crippen LogP contribution in [0, 0.1) is 209 Å². The molecule has 0 unspecified atom stereocenters. The van der Waals surface area contributed by atoms with Crippen molar-refractivity contribution in [2.45, 2.75) is 435 Å². The zero-order valence-electron chi connectivity index (χ0n) is 93.0. The molecular formula is C132H172Cl4F14. The highest BCUT2D eigenvalue weighted by atomic mass is 35.5. The summed E-state index contributed by atoms with van der Waals surface area (Å²) in [4.78, 5) is 0. The van der Waals surface area contributed by atoms with E-state index in [0.29, 0.717) is 111 Å². The van der Waals surface area contributed by atoms with Crippen molar-refractivity contribution in [3.63, 3.8) is 0 Å². The highest BCUT2D eigenvalue weighted by Gasteiger charge is 2.36. The molecule has 0 spiro atoms. The summed E-state index contributed by atoms with van der Waals surface area (Å²) in [7, 11) is 0. The Kier molecular flexibility index (Phi) is 48.5. The molecule has 9 aromatic carbocycles. The topological polar surface area (TPSA) is 0 Å². The SMILES string of the molecule is Cc1ccc(C2CCC(C)CC2)c(Cl)c1F.Cc1ccc(C2CCC(C)CC2)c(Cl)c1F.Cc1ccc(C2CCC(C)CC2)c(F)c1Cl.Cc1ccc(C2CCC(C)CC2)c(F)c1Cl.Cc1ccc(C2CCC(C)CC2)c(F)c1F.Cc1ccc(C2CCC(C)CC2)c(F)c1F.Cc1ccc(C2CCC(C)CC2)c(F)c1F.Cc1ccc(C2CCC(C)CC2)c(F)c1F.Cc1ccc(C2CCC(C3CCC(C)CC3)CC2)c(F)c1F. The molecule has 0 nitrogen and oxygen atoms in total. The fraction of sp³-hybridized carbons (Fsp3) is 0.591. The van der Waals surface area contributed by atoms with Gasteiger partial charge in [0, 0.05) is 0 Å². The summed E-state index contributed by atoms with van der Waals surface area (Å²) in [5.74, 6) is 4.16. The van der Waals surface area contributed by atoms with E-state index >= 15 is 0 Å². The Balaban J connectivity index is 0.000000160. The molecule has 9 aromatic rings. The predicted molar refractivity (Wildman–Crippen MR) is 599 cm³/mol. The van der Waals surface area contributed by atoms with Gasteiger partial charge in [-0.25, -0.2) is 61.5 Å². The Morgan fingerprint density at radius 2 is 0.253 bits per heavy atom. The molecule has 0 atom stereocenters. The van der Waals surface area contributed by atoms with Crippen molar-refractivity contribution in [1.82, 2.24) is 0 Å². The maximum absolute atomic E-state index is 14.2. The second kappa shape index (κ2) is 59.0. The monoisotopic (exact) mass is 2160 g/mol. The van der Waals surface area contributed by atoms with Gasteiger partial charge in [0.25, 0.3) is 0 Å². The molecule has 0 amide bonds. The molecule has 10 aliphatic rings. The van der Waals surface area contributed by atoms with Gasteiger partial charge in [0.1, 0.15) is 23.3 Å². The Bertz CT molecular complexity index is 4840. The van der Waals surface area contributed by atoms with Crippen molar-refractivity contribution in [2.24, 2.45) is 65.1 Å². The minimum Gasteiger partial charge on any atom is -0.205 e. The van der Waals surface area contributed by atoms with E-state index in [2.05, 4.69) is 62.3 Å². The van der Waals surface area contributed by atoms with E-state index < -0.39 is 58.2 Å². The number of rotatable bonds is 10. The van der Waals surface area contributed by atoms with Crippen LogP contribution in [0.15, 0.2) is 109 Å². The number of hydrogen-bond acceptors (Lipinski definition) is 0. The van der Waals surface area contributed by atoms with Crippen LogP contribution in [0.3, 0.4) is 0 Å². The molecule has 10 saturated carbocycles. The first-order chi connectivity index (χ1) is 71.3. The fourth-order valence-corrected chi connectivity index (χ4v) is 26.1. The number of hydrogen-bond donors (Lipinski definition) is 0. The van der Waals surface area contributed by atoms with Crippen LogP contribution < -0.4 is 0 Å². The minimum absolute atomic E-state index is 0.193. The standard InChI is InChI=1S/C20H28F2.4C14H18ClF.4C14H18F2/c1-13-3-6-15(7-4-13)16-8-10-17(11-9-16)18-12-5-14(2)19(21)20(18)22;2*1-9-3-6-11(7-4-9)12-8-5-10(2)14(16)13(12)15;6*1-9-3-6-11(7-4-9)12-8-5-10(2)13(15)14(12)16/h5,12-13,15-17H,3-4,6-11H2,1-2H3;8*5,8-9,11H,3-4,6-7H2,1-2H3. The lowest BCUT2D eigenvalue weighted by Gasteiger charge is -2.37. The first kappa shape index (κ1) is 123. The van der Waals surface area contributed by atoms with Gasteiger partial charge in [-0.05, 0) is 422 Å². The van der Waals surface area contributed by atoms with E-state index in [1.807, 2.05) is 62.4 Å². The highest BCUT2D eigenvalue weighted by molar-refractivity contribution is 6.32. The van der Waals surface area contributed by atoms with E-state index in [1.54, 1.807) is 109 Å². The summed E-state index contributed by atoms with van der Waals surface area (Å²) in [5, 5.41) is 1.30. The van der Waals surface area contributed by atoms with Crippen LogP contribution in [0.5, 0.6) is 0 Å². The zero-order valence-corrected chi connectivity index (χ0v) is 96.1. The van der Waals surface area contributed by atoms with Crippen LogP contribution >= 0.6 is 46.4 Å². The van der Waals surface area contributed by atoms with Crippen LogP contribution in [0.25, 0.3) is 0 Å². The van der Waals surface area contributed by atoms with Gasteiger partial charge < -0.3 is 0 Å². The van der Waals surface area contributed by atoms with Crippen LogP contribution in [-0.2, 0) is 0 Å². The van der Waals surface area contributed by atoms with Gasteiger partial charge in [-0.15, -0.1) is 0 Å². The molecule has 0 aliphatic heterocycles. The third-order valence-corrected chi connectivity index (χ3v) is 38.0. The molecule has 19 rings (SSSR count). The van der Waals surface area contributed by atoms with Gasteiger partial charge in [-0.3, -0.25) is 0 Å². The molecular weight excluding hydrogens is 1990 g/mol. The highest BCUT2D eigenvalue weighted by Crippen LogP contribution is 2.50. The molecule has 10 aliphatic carbocycles. The Hall–Kier alpha value is -6.84. The number of benzene rings is 9. The molecule has 0 heterocycles. The lowest BCUT2D eigenvalue weighted by Crippen LogP contribution is -2.25. The minimum atomic E-state index is -0.670. The van der Waals surface area contributed by atoms with E-state index in [-0.39, 0.29) is 52.9 Å². The molecule has 10 fully saturated rings. The fourth-order valence-electron chi connectivity index (χ4n) is 25.0.